The SMILES string of the molecule is Cc1cc(=O)n2c(n1)S[C@H](c1ccccc1)[C@]2(O)c1ccccc1. The van der Waals surface area contributed by atoms with Crippen molar-refractivity contribution in [3.05, 3.63) is 93.9 Å². The summed E-state index contributed by atoms with van der Waals surface area (Å²) in [7, 11) is 0. The van der Waals surface area contributed by atoms with Crippen LogP contribution in [0.1, 0.15) is 22.1 Å². The van der Waals surface area contributed by atoms with Gasteiger partial charge in [-0.3, -0.25) is 9.36 Å². The van der Waals surface area contributed by atoms with Crippen LogP contribution in [0.15, 0.2) is 76.7 Å². The van der Waals surface area contributed by atoms with Gasteiger partial charge in [0.1, 0.15) is 0 Å². The van der Waals surface area contributed by atoms with Gasteiger partial charge in [-0.1, -0.05) is 72.4 Å². The van der Waals surface area contributed by atoms with Gasteiger partial charge in [-0.25, -0.2) is 4.98 Å². The molecule has 0 bridgehead atoms. The maximum absolute atomic E-state index is 12.6. The Kier molecular flexibility index (Phi) is 3.55. The monoisotopic (exact) mass is 336 g/mol. The van der Waals surface area contributed by atoms with Crippen molar-refractivity contribution in [3.8, 4) is 0 Å². The van der Waals surface area contributed by atoms with Crippen LogP contribution in [0, 0.1) is 6.92 Å². The second-order valence-corrected chi connectivity index (χ2v) is 6.93. The molecule has 1 aliphatic rings. The van der Waals surface area contributed by atoms with Crippen LogP contribution in [0.4, 0.5) is 0 Å². The number of fused-ring (bicyclic) bond motifs is 1. The molecule has 1 N–H and O–H groups in total. The number of aromatic nitrogens is 2. The summed E-state index contributed by atoms with van der Waals surface area (Å²) in [5.74, 6) is 0. The fourth-order valence-electron chi connectivity index (χ4n) is 3.16. The molecule has 2 aromatic carbocycles. The normalized spacial score (nSPS) is 22.3. The molecule has 2 atom stereocenters. The Morgan fingerprint density at radius 1 is 1.08 bits per heavy atom. The third-order valence-corrected chi connectivity index (χ3v) is 5.57. The number of hydrogen-bond donors (Lipinski definition) is 1. The van der Waals surface area contributed by atoms with Gasteiger partial charge in [0.25, 0.3) is 5.56 Å². The fourth-order valence-corrected chi connectivity index (χ4v) is 4.60. The van der Waals surface area contributed by atoms with Crippen molar-refractivity contribution in [2.45, 2.75) is 23.1 Å². The Bertz CT molecular complexity index is 941. The highest BCUT2D eigenvalue weighted by molar-refractivity contribution is 7.99. The lowest BCUT2D eigenvalue weighted by molar-refractivity contribution is -0.00250. The molecule has 0 aliphatic carbocycles. The van der Waals surface area contributed by atoms with E-state index in [4.69, 9.17) is 0 Å². The second-order valence-electron chi connectivity index (χ2n) is 5.85. The van der Waals surface area contributed by atoms with Gasteiger partial charge in [-0.2, -0.15) is 0 Å². The lowest BCUT2D eigenvalue weighted by atomic mass is 9.94. The maximum Gasteiger partial charge on any atom is 0.257 e. The zero-order chi connectivity index (χ0) is 16.7. The average molecular weight is 336 g/mol. The van der Waals surface area contributed by atoms with E-state index < -0.39 is 5.72 Å². The zero-order valence-corrected chi connectivity index (χ0v) is 13.9. The van der Waals surface area contributed by atoms with Crippen molar-refractivity contribution in [2.24, 2.45) is 0 Å². The standard InChI is InChI=1S/C19H16N2O2S/c1-13-12-16(22)21-18(20-13)24-17(14-8-4-2-5-9-14)19(21,23)15-10-6-3-7-11-15/h2-12,17,23H,1H3/t17-,19-/m1/s1. The minimum atomic E-state index is -1.47. The Morgan fingerprint density at radius 2 is 1.71 bits per heavy atom. The highest BCUT2D eigenvalue weighted by atomic mass is 32.2. The van der Waals surface area contributed by atoms with E-state index in [0.717, 1.165) is 5.56 Å². The largest absolute Gasteiger partial charge is 0.365 e. The van der Waals surface area contributed by atoms with Crippen LogP contribution >= 0.6 is 11.8 Å². The molecule has 2 heterocycles. The highest BCUT2D eigenvalue weighted by Crippen LogP contribution is 2.53. The van der Waals surface area contributed by atoms with E-state index in [9.17, 15) is 9.90 Å². The van der Waals surface area contributed by atoms with Crippen molar-refractivity contribution in [1.29, 1.82) is 0 Å². The predicted molar refractivity (Wildman–Crippen MR) is 94.0 cm³/mol. The summed E-state index contributed by atoms with van der Waals surface area (Å²) in [6, 6.07) is 20.5. The molecule has 3 aromatic rings. The number of rotatable bonds is 2. The highest BCUT2D eigenvalue weighted by Gasteiger charge is 2.49. The maximum atomic E-state index is 12.6. The van der Waals surface area contributed by atoms with Crippen molar-refractivity contribution in [2.75, 3.05) is 0 Å². The first-order valence-electron chi connectivity index (χ1n) is 7.71. The minimum absolute atomic E-state index is 0.241. The van der Waals surface area contributed by atoms with Crippen molar-refractivity contribution < 1.29 is 5.11 Å². The zero-order valence-electron chi connectivity index (χ0n) is 13.1. The molecule has 24 heavy (non-hydrogen) atoms. The van der Waals surface area contributed by atoms with Gasteiger partial charge in [0.05, 0.1) is 5.25 Å². The van der Waals surface area contributed by atoms with Crippen molar-refractivity contribution in [3.63, 3.8) is 0 Å². The molecular weight excluding hydrogens is 320 g/mol. The quantitative estimate of drug-likeness (QED) is 0.731. The Balaban J connectivity index is 2.00. The Labute approximate surface area is 143 Å². The summed E-state index contributed by atoms with van der Waals surface area (Å²) in [5, 5.41) is 11.9. The number of benzene rings is 2. The van der Waals surface area contributed by atoms with Crippen molar-refractivity contribution in [1.82, 2.24) is 9.55 Å². The third-order valence-electron chi connectivity index (χ3n) is 4.25. The molecule has 5 heteroatoms. The van der Waals surface area contributed by atoms with Crippen LogP contribution in [0.25, 0.3) is 0 Å². The van der Waals surface area contributed by atoms with Gasteiger partial charge in [0, 0.05) is 17.3 Å². The Hall–Kier alpha value is -2.37. The molecule has 1 aliphatic heterocycles. The molecule has 0 fully saturated rings. The number of nitrogens with zero attached hydrogens (tertiary/aromatic N) is 2. The van der Waals surface area contributed by atoms with Gasteiger partial charge < -0.3 is 5.11 Å². The number of thioether (sulfide) groups is 1. The first-order valence-corrected chi connectivity index (χ1v) is 8.59. The smallest absolute Gasteiger partial charge is 0.257 e. The van der Waals surface area contributed by atoms with E-state index in [1.165, 1.54) is 22.4 Å². The minimum Gasteiger partial charge on any atom is -0.365 e. The molecule has 0 saturated heterocycles. The summed E-state index contributed by atoms with van der Waals surface area (Å²) in [4.78, 5) is 17.1. The molecule has 0 saturated carbocycles. The number of aliphatic hydroxyl groups is 1. The summed E-state index contributed by atoms with van der Waals surface area (Å²) in [6.45, 7) is 1.79. The lowest BCUT2D eigenvalue weighted by Gasteiger charge is -2.31. The topological polar surface area (TPSA) is 55.1 Å². The second kappa shape index (κ2) is 5.61. The first-order chi connectivity index (χ1) is 11.6. The first kappa shape index (κ1) is 15.2. The Morgan fingerprint density at radius 3 is 2.38 bits per heavy atom. The summed E-state index contributed by atoms with van der Waals surface area (Å²) in [6.07, 6.45) is 0. The fraction of sp³-hybridized carbons (Fsp3) is 0.158. The average Bonchev–Trinajstić information content (AvgIpc) is 2.90. The van der Waals surface area contributed by atoms with E-state index in [1.807, 2.05) is 60.7 Å². The molecule has 0 amide bonds. The third kappa shape index (κ3) is 2.20. The van der Waals surface area contributed by atoms with Gasteiger partial charge >= 0.3 is 0 Å². The van der Waals surface area contributed by atoms with Crippen LogP contribution in [-0.2, 0) is 5.72 Å². The van der Waals surface area contributed by atoms with Crippen LogP contribution in [0.3, 0.4) is 0 Å². The van der Waals surface area contributed by atoms with Crippen LogP contribution < -0.4 is 5.56 Å². The molecular formula is C19H16N2O2S. The van der Waals surface area contributed by atoms with Crippen LogP contribution in [0.2, 0.25) is 0 Å². The van der Waals surface area contributed by atoms with E-state index >= 15 is 0 Å². The van der Waals surface area contributed by atoms with E-state index in [0.29, 0.717) is 16.4 Å². The predicted octanol–water partition coefficient (Wildman–Crippen LogP) is 3.09. The van der Waals surface area contributed by atoms with Gasteiger partial charge in [0.2, 0.25) is 0 Å². The summed E-state index contributed by atoms with van der Waals surface area (Å²) < 4.78 is 1.41. The van der Waals surface area contributed by atoms with E-state index in [2.05, 4.69) is 4.98 Å². The molecule has 4 nitrogen and oxygen atoms in total. The number of aryl methyl sites for hydroxylation is 1. The molecule has 0 spiro atoms. The van der Waals surface area contributed by atoms with Crippen LogP contribution in [-0.4, -0.2) is 14.7 Å². The lowest BCUT2D eigenvalue weighted by Crippen LogP contribution is -2.42. The number of hydrogen-bond acceptors (Lipinski definition) is 4. The molecule has 0 unspecified atom stereocenters. The molecule has 4 rings (SSSR count). The summed E-state index contributed by atoms with van der Waals surface area (Å²) >= 11 is 1.42. The van der Waals surface area contributed by atoms with Crippen molar-refractivity contribution >= 4 is 11.8 Å². The molecule has 120 valence electrons. The van der Waals surface area contributed by atoms with Gasteiger partial charge in [0.15, 0.2) is 10.9 Å². The molecule has 1 aromatic heterocycles. The molecule has 0 radical (unpaired) electrons. The van der Waals surface area contributed by atoms with Gasteiger partial charge in [-0.05, 0) is 12.5 Å². The summed E-state index contributed by atoms with van der Waals surface area (Å²) in [5.41, 5.74) is 0.576. The van der Waals surface area contributed by atoms with Crippen LogP contribution in [0.5, 0.6) is 0 Å². The van der Waals surface area contributed by atoms with E-state index in [1.54, 1.807) is 6.92 Å². The van der Waals surface area contributed by atoms with Gasteiger partial charge in [-0.15, -0.1) is 0 Å². The van der Waals surface area contributed by atoms with E-state index in [-0.39, 0.29) is 10.8 Å².